The smallest absolute Gasteiger partial charge is 0.310 e. The zero-order valence-electron chi connectivity index (χ0n) is 11.7. The third-order valence-electron chi connectivity index (χ3n) is 2.94. The number of nitro groups is 1. The molecule has 0 amide bonds. The Labute approximate surface area is 112 Å². The van der Waals surface area contributed by atoms with Crippen LogP contribution in [-0.4, -0.2) is 17.3 Å². The van der Waals surface area contributed by atoms with Crippen molar-refractivity contribution in [3.05, 3.63) is 33.9 Å². The number of hydrogen-bond donors (Lipinski definition) is 0. The molecule has 0 aromatic heterocycles. The molecule has 0 saturated carbocycles. The van der Waals surface area contributed by atoms with Gasteiger partial charge < -0.3 is 4.74 Å². The summed E-state index contributed by atoms with van der Waals surface area (Å²) in [7, 11) is 0. The largest absolute Gasteiger partial charge is 0.487 e. The summed E-state index contributed by atoms with van der Waals surface area (Å²) in [6.45, 7) is 7.55. The molecule has 104 valence electrons. The van der Waals surface area contributed by atoms with Crippen LogP contribution in [0.25, 0.3) is 0 Å². The molecule has 1 rings (SSSR count). The number of carbonyl (C=O) groups excluding carboxylic acids is 1. The van der Waals surface area contributed by atoms with Crippen molar-refractivity contribution in [3.63, 3.8) is 0 Å². The summed E-state index contributed by atoms with van der Waals surface area (Å²) in [5, 5.41) is 10.9. The predicted molar refractivity (Wildman–Crippen MR) is 72.5 cm³/mol. The van der Waals surface area contributed by atoms with Gasteiger partial charge >= 0.3 is 5.69 Å². The number of nitro benzene ring substituents is 1. The number of ketones is 1. The van der Waals surface area contributed by atoms with Crippen molar-refractivity contribution in [3.8, 4) is 5.75 Å². The van der Waals surface area contributed by atoms with Gasteiger partial charge in [0.15, 0.2) is 5.75 Å². The predicted octanol–water partition coefficient (Wildman–Crippen LogP) is 3.32. The fourth-order valence-corrected chi connectivity index (χ4v) is 2.24. The van der Waals surface area contributed by atoms with Crippen LogP contribution in [0.15, 0.2) is 18.2 Å². The van der Waals surface area contributed by atoms with Gasteiger partial charge in [-0.05, 0) is 31.4 Å². The normalized spacial score (nSPS) is 12.3. The summed E-state index contributed by atoms with van der Waals surface area (Å²) in [6, 6.07) is 4.64. The van der Waals surface area contributed by atoms with Crippen LogP contribution in [0.2, 0.25) is 0 Å². The average Bonchev–Trinajstić information content (AvgIpc) is 2.28. The molecule has 19 heavy (non-hydrogen) atoms. The Morgan fingerprint density at radius 2 is 2.05 bits per heavy atom. The van der Waals surface area contributed by atoms with Crippen LogP contribution in [-0.2, 0) is 4.79 Å². The fourth-order valence-electron chi connectivity index (χ4n) is 2.24. The molecule has 0 bridgehead atoms. The standard InChI is InChI=1S/C14H19NO4/c1-5-19-13-8-11(6-7-12(13)15(17)18)14(9(2)3)10(4)16/h6-9,14H,5H2,1-4H3. The molecular weight excluding hydrogens is 246 g/mol. The van der Waals surface area contributed by atoms with Crippen LogP contribution in [0.3, 0.4) is 0 Å². The molecule has 1 atom stereocenters. The maximum Gasteiger partial charge on any atom is 0.310 e. The van der Waals surface area contributed by atoms with E-state index in [1.165, 1.54) is 13.0 Å². The number of carbonyl (C=O) groups is 1. The molecule has 0 radical (unpaired) electrons. The first-order valence-electron chi connectivity index (χ1n) is 6.30. The first-order chi connectivity index (χ1) is 8.88. The van der Waals surface area contributed by atoms with Crippen molar-refractivity contribution < 1.29 is 14.5 Å². The van der Waals surface area contributed by atoms with Gasteiger partial charge in [-0.3, -0.25) is 14.9 Å². The fraction of sp³-hybridized carbons (Fsp3) is 0.500. The van der Waals surface area contributed by atoms with E-state index in [1.54, 1.807) is 19.1 Å². The minimum Gasteiger partial charge on any atom is -0.487 e. The summed E-state index contributed by atoms with van der Waals surface area (Å²) < 4.78 is 5.30. The molecule has 0 aliphatic rings. The number of hydrogen-bond acceptors (Lipinski definition) is 4. The van der Waals surface area contributed by atoms with Crippen molar-refractivity contribution in [2.75, 3.05) is 6.61 Å². The van der Waals surface area contributed by atoms with E-state index >= 15 is 0 Å². The highest BCUT2D eigenvalue weighted by molar-refractivity contribution is 5.84. The van der Waals surface area contributed by atoms with Crippen LogP contribution in [0.4, 0.5) is 5.69 Å². The third-order valence-corrected chi connectivity index (χ3v) is 2.94. The summed E-state index contributed by atoms with van der Waals surface area (Å²) >= 11 is 0. The number of rotatable bonds is 6. The van der Waals surface area contributed by atoms with Crippen LogP contribution in [0, 0.1) is 16.0 Å². The van der Waals surface area contributed by atoms with Crippen LogP contribution in [0.5, 0.6) is 5.75 Å². The van der Waals surface area contributed by atoms with Crippen LogP contribution in [0.1, 0.15) is 39.2 Å². The van der Waals surface area contributed by atoms with Crippen molar-refractivity contribution >= 4 is 11.5 Å². The molecule has 1 aromatic rings. The Kier molecular flexibility index (Phi) is 5.03. The van der Waals surface area contributed by atoms with Gasteiger partial charge in [-0.2, -0.15) is 0 Å². The van der Waals surface area contributed by atoms with Gasteiger partial charge in [0.2, 0.25) is 0 Å². The second-order valence-corrected chi connectivity index (χ2v) is 4.75. The summed E-state index contributed by atoms with van der Waals surface area (Å²) in [5.74, 6) is 0.136. The monoisotopic (exact) mass is 265 g/mol. The first kappa shape index (κ1) is 15.1. The van der Waals surface area contributed by atoms with Gasteiger partial charge in [-0.15, -0.1) is 0 Å². The van der Waals surface area contributed by atoms with E-state index in [-0.39, 0.29) is 29.1 Å². The Hall–Kier alpha value is -1.91. The quantitative estimate of drug-likeness (QED) is 0.584. The zero-order valence-corrected chi connectivity index (χ0v) is 11.7. The highest BCUT2D eigenvalue weighted by Gasteiger charge is 2.24. The lowest BCUT2D eigenvalue weighted by Gasteiger charge is -2.19. The molecule has 5 heteroatoms. The van der Waals surface area contributed by atoms with E-state index in [0.717, 1.165) is 5.56 Å². The molecule has 0 saturated heterocycles. The molecule has 1 aromatic carbocycles. The van der Waals surface area contributed by atoms with E-state index in [2.05, 4.69) is 0 Å². The van der Waals surface area contributed by atoms with E-state index in [4.69, 9.17) is 4.74 Å². The average molecular weight is 265 g/mol. The maximum atomic E-state index is 11.7. The Bertz CT molecular complexity index is 482. The van der Waals surface area contributed by atoms with Gasteiger partial charge in [0.05, 0.1) is 11.5 Å². The van der Waals surface area contributed by atoms with Gasteiger partial charge in [-0.25, -0.2) is 0 Å². The van der Waals surface area contributed by atoms with Crippen molar-refractivity contribution in [1.29, 1.82) is 0 Å². The highest BCUT2D eigenvalue weighted by Crippen LogP contribution is 2.33. The number of benzene rings is 1. The minimum absolute atomic E-state index is 0.0475. The topological polar surface area (TPSA) is 69.4 Å². The summed E-state index contributed by atoms with van der Waals surface area (Å²) in [6.07, 6.45) is 0. The lowest BCUT2D eigenvalue weighted by atomic mass is 9.85. The lowest BCUT2D eigenvalue weighted by molar-refractivity contribution is -0.385. The summed E-state index contributed by atoms with van der Waals surface area (Å²) in [4.78, 5) is 22.1. The molecule has 1 unspecified atom stereocenters. The lowest BCUT2D eigenvalue weighted by Crippen LogP contribution is -2.15. The molecule has 0 fully saturated rings. The Balaban J connectivity index is 3.27. The number of Topliss-reactive ketones (excluding diaryl/α,β-unsaturated/α-hetero) is 1. The SMILES string of the molecule is CCOc1cc(C(C(C)=O)C(C)C)ccc1[N+](=O)[O-]. The Morgan fingerprint density at radius 3 is 2.47 bits per heavy atom. The van der Waals surface area contributed by atoms with Crippen molar-refractivity contribution in [2.45, 2.75) is 33.6 Å². The molecule has 0 N–H and O–H groups in total. The molecule has 0 heterocycles. The second-order valence-electron chi connectivity index (χ2n) is 4.75. The van der Waals surface area contributed by atoms with Crippen LogP contribution >= 0.6 is 0 Å². The van der Waals surface area contributed by atoms with Crippen molar-refractivity contribution in [2.24, 2.45) is 5.92 Å². The molecule has 0 aliphatic carbocycles. The molecule has 0 spiro atoms. The van der Waals surface area contributed by atoms with E-state index < -0.39 is 4.92 Å². The molecular formula is C14H19NO4. The van der Waals surface area contributed by atoms with E-state index in [0.29, 0.717) is 6.61 Å². The Morgan fingerprint density at radius 1 is 1.42 bits per heavy atom. The zero-order chi connectivity index (χ0) is 14.6. The van der Waals surface area contributed by atoms with E-state index in [1.807, 2.05) is 13.8 Å². The third kappa shape index (κ3) is 3.53. The van der Waals surface area contributed by atoms with Crippen molar-refractivity contribution in [1.82, 2.24) is 0 Å². The van der Waals surface area contributed by atoms with Gasteiger partial charge in [-0.1, -0.05) is 19.9 Å². The minimum atomic E-state index is -0.479. The second kappa shape index (κ2) is 6.31. The van der Waals surface area contributed by atoms with E-state index in [9.17, 15) is 14.9 Å². The van der Waals surface area contributed by atoms with Gasteiger partial charge in [0.25, 0.3) is 0 Å². The molecule has 5 nitrogen and oxygen atoms in total. The summed E-state index contributed by atoms with van der Waals surface area (Å²) in [5.41, 5.74) is 0.688. The van der Waals surface area contributed by atoms with Gasteiger partial charge in [0, 0.05) is 12.0 Å². The van der Waals surface area contributed by atoms with Gasteiger partial charge in [0.1, 0.15) is 5.78 Å². The highest BCUT2D eigenvalue weighted by atomic mass is 16.6. The van der Waals surface area contributed by atoms with Crippen LogP contribution < -0.4 is 4.74 Å². The number of nitrogens with zero attached hydrogens (tertiary/aromatic N) is 1. The number of ether oxygens (including phenoxy) is 1. The molecule has 0 aliphatic heterocycles. The maximum absolute atomic E-state index is 11.7. The first-order valence-corrected chi connectivity index (χ1v) is 6.30.